The molecular formula is C15H25NO. The zero-order chi connectivity index (χ0) is 12.7. The van der Waals surface area contributed by atoms with E-state index in [1.165, 1.54) is 12.0 Å². The lowest BCUT2D eigenvalue weighted by Gasteiger charge is -2.26. The molecule has 1 rings (SSSR count). The number of rotatable bonds is 7. The van der Waals surface area contributed by atoms with E-state index in [9.17, 15) is 0 Å². The highest BCUT2D eigenvalue weighted by molar-refractivity contribution is 5.19. The average Bonchev–Trinajstić information content (AvgIpc) is 2.35. The lowest BCUT2D eigenvalue weighted by molar-refractivity contribution is 0.0657. The molecule has 2 nitrogen and oxygen atoms in total. The molecule has 0 amide bonds. The van der Waals surface area contributed by atoms with E-state index >= 15 is 0 Å². The molecule has 0 aliphatic heterocycles. The SMILES string of the molecule is CNC(CCC(C)C)C(OC)c1ccccc1. The van der Waals surface area contributed by atoms with Crippen molar-refractivity contribution in [2.75, 3.05) is 14.2 Å². The van der Waals surface area contributed by atoms with E-state index in [0.29, 0.717) is 6.04 Å². The van der Waals surface area contributed by atoms with E-state index in [1.807, 2.05) is 13.1 Å². The summed E-state index contributed by atoms with van der Waals surface area (Å²) in [6.07, 6.45) is 2.50. The fraction of sp³-hybridized carbons (Fsp3) is 0.600. The molecule has 0 aliphatic carbocycles. The third-order valence-electron chi connectivity index (χ3n) is 3.17. The van der Waals surface area contributed by atoms with E-state index in [0.717, 1.165) is 12.3 Å². The van der Waals surface area contributed by atoms with Crippen LogP contribution in [0.5, 0.6) is 0 Å². The first-order valence-electron chi connectivity index (χ1n) is 6.44. The van der Waals surface area contributed by atoms with Crippen LogP contribution >= 0.6 is 0 Å². The zero-order valence-corrected chi connectivity index (χ0v) is 11.4. The Kier molecular flexibility index (Phi) is 6.23. The molecule has 0 aliphatic rings. The Morgan fingerprint density at radius 2 is 1.76 bits per heavy atom. The zero-order valence-electron chi connectivity index (χ0n) is 11.4. The standard InChI is InChI=1S/C15H25NO/c1-12(2)10-11-14(16-3)15(17-4)13-8-6-5-7-9-13/h5-9,12,14-16H,10-11H2,1-4H3. The highest BCUT2D eigenvalue weighted by atomic mass is 16.5. The topological polar surface area (TPSA) is 21.3 Å². The van der Waals surface area contributed by atoms with Gasteiger partial charge in [-0.1, -0.05) is 44.2 Å². The fourth-order valence-electron chi connectivity index (χ4n) is 2.14. The van der Waals surface area contributed by atoms with Gasteiger partial charge in [-0.15, -0.1) is 0 Å². The van der Waals surface area contributed by atoms with E-state index in [2.05, 4.69) is 43.4 Å². The highest BCUT2D eigenvalue weighted by Gasteiger charge is 2.21. The van der Waals surface area contributed by atoms with Crippen molar-refractivity contribution >= 4 is 0 Å². The van der Waals surface area contributed by atoms with Crippen LogP contribution in [0.15, 0.2) is 30.3 Å². The maximum Gasteiger partial charge on any atom is 0.0973 e. The number of benzene rings is 1. The third kappa shape index (κ3) is 4.49. The summed E-state index contributed by atoms with van der Waals surface area (Å²) in [5.41, 5.74) is 1.25. The quantitative estimate of drug-likeness (QED) is 0.782. The first-order valence-corrected chi connectivity index (χ1v) is 6.44. The summed E-state index contributed by atoms with van der Waals surface area (Å²) in [5.74, 6) is 0.735. The predicted octanol–water partition coefficient (Wildman–Crippen LogP) is 3.40. The van der Waals surface area contributed by atoms with Crippen molar-refractivity contribution < 1.29 is 4.74 Å². The van der Waals surface area contributed by atoms with Crippen molar-refractivity contribution in [3.8, 4) is 0 Å². The van der Waals surface area contributed by atoms with Gasteiger partial charge in [-0.3, -0.25) is 0 Å². The number of ether oxygens (including phenoxy) is 1. The van der Waals surface area contributed by atoms with Crippen LogP contribution in [0.2, 0.25) is 0 Å². The van der Waals surface area contributed by atoms with Gasteiger partial charge in [0.25, 0.3) is 0 Å². The van der Waals surface area contributed by atoms with Gasteiger partial charge in [-0.25, -0.2) is 0 Å². The Hall–Kier alpha value is -0.860. The summed E-state index contributed by atoms with van der Waals surface area (Å²) >= 11 is 0. The molecule has 0 saturated heterocycles. The van der Waals surface area contributed by atoms with Crippen molar-refractivity contribution in [3.63, 3.8) is 0 Å². The maximum atomic E-state index is 5.66. The molecule has 2 unspecified atom stereocenters. The monoisotopic (exact) mass is 235 g/mol. The maximum absolute atomic E-state index is 5.66. The number of hydrogen-bond acceptors (Lipinski definition) is 2. The Bertz CT molecular complexity index is 297. The lowest BCUT2D eigenvalue weighted by atomic mass is 9.95. The Morgan fingerprint density at radius 3 is 2.24 bits per heavy atom. The van der Waals surface area contributed by atoms with Crippen LogP contribution in [-0.2, 0) is 4.74 Å². The van der Waals surface area contributed by atoms with Gasteiger partial charge in [0.05, 0.1) is 6.10 Å². The first-order chi connectivity index (χ1) is 8.19. The van der Waals surface area contributed by atoms with Crippen LogP contribution in [0.3, 0.4) is 0 Å². The molecule has 2 atom stereocenters. The van der Waals surface area contributed by atoms with Crippen molar-refractivity contribution in [3.05, 3.63) is 35.9 Å². The summed E-state index contributed by atoms with van der Waals surface area (Å²) < 4.78 is 5.66. The molecule has 1 aromatic rings. The molecule has 1 aromatic carbocycles. The van der Waals surface area contributed by atoms with Gasteiger partial charge in [0.1, 0.15) is 0 Å². The molecule has 0 heterocycles. The minimum Gasteiger partial charge on any atom is -0.375 e. The Labute approximate surface area is 105 Å². The summed E-state index contributed by atoms with van der Waals surface area (Å²) in [5, 5.41) is 3.38. The molecular weight excluding hydrogens is 210 g/mol. The van der Waals surface area contributed by atoms with Gasteiger partial charge in [0.2, 0.25) is 0 Å². The number of nitrogens with one attached hydrogen (secondary N) is 1. The van der Waals surface area contributed by atoms with E-state index < -0.39 is 0 Å². The molecule has 1 N–H and O–H groups in total. The Balaban J connectivity index is 2.70. The van der Waals surface area contributed by atoms with Crippen LogP contribution in [0.4, 0.5) is 0 Å². The van der Waals surface area contributed by atoms with Crippen LogP contribution in [-0.4, -0.2) is 20.2 Å². The van der Waals surface area contributed by atoms with Crippen molar-refractivity contribution in [2.45, 2.75) is 38.8 Å². The Morgan fingerprint density at radius 1 is 1.12 bits per heavy atom. The summed E-state index contributed by atoms with van der Waals surface area (Å²) in [6.45, 7) is 4.52. The molecule has 0 saturated carbocycles. The predicted molar refractivity (Wildman–Crippen MR) is 73.1 cm³/mol. The summed E-state index contributed by atoms with van der Waals surface area (Å²) in [4.78, 5) is 0. The van der Waals surface area contributed by atoms with Crippen LogP contribution in [0.1, 0.15) is 38.4 Å². The van der Waals surface area contributed by atoms with Crippen molar-refractivity contribution in [1.29, 1.82) is 0 Å². The van der Waals surface area contributed by atoms with E-state index in [4.69, 9.17) is 4.74 Å². The average molecular weight is 235 g/mol. The minimum atomic E-state index is 0.139. The molecule has 0 aromatic heterocycles. The molecule has 0 spiro atoms. The normalized spacial score (nSPS) is 14.9. The molecule has 0 bridgehead atoms. The second-order valence-corrected chi connectivity index (χ2v) is 4.93. The van der Waals surface area contributed by atoms with Crippen LogP contribution < -0.4 is 5.32 Å². The van der Waals surface area contributed by atoms with E-state index in [-0.39, 0.29) is 6.10 Å². The smallest absolute Gasteiger partial charge is 0.0973 e. The summed E-state index contributed by atoms with van der Waals surface area (Å²) in [6, 6.07) is 10.8. The molecule has 2 heteroatoms. The number of likely N-dealkylation sites (N-methyl/N-ethyl adjacent to an activating group) is 1. The molecule has 17 heavy (non-hydrogen) atoms. The largest absolute Gasteiger partial charge is 0.375 e. The van der Waals surface area contributed by atoms with Crippen molar-refractivity contribution in [1.82, 2.24) is 5.32 Å². The molecule has 96 valence electrons. The second kappa shape index (κ2) is 7.46. The van der Waals surface area contributed by atoms with Gasteiger partial charge in [-0.2, -0.15) is 0 Å². The summed E-state index contributed by atoms with van der Waals surface area (Å²) in [7, 11) is 3.80. The van der Waals surface area contributed by atoms with Gasteiger partial charge in [0, 0.05) is 13.2 Å². The van der Waals surface area contributed by atoms with E-state index in [1.54, 1.807) is 7.11 Å². The second-order valence-electron chi connectivity index (χ2n) is 4.93. The molecule has 0 fully saturated rings. The van der Waals surface area contributed by atoms with Crippen LogP contribution in [0.25, 0.3) is 0 Å². The van der Waals surface area contributed by atoms with Crippen molar-refractivity contribution in [2.24, 2.45) is 5.92 Å². The fourth-order valence-corrected chi connectivity index (χ4v) is 2.14. The third-order valence-corrected chi connectivity index (χ3v) is 3.17. The van der Waals surface area contributed by atoms with Gasteiger partial charge < -0.3 is 10.1 Å². The van der Waals surface area contributed by atoms with Gasteiger partial charge in [-0.05, 0) is 31.4 Å². The first kappa shape index (κ1) is 14.2. The molecule has 0 radical (unpaired) electrons. The van der Waals surface area contributed by atoms with Gasteiger partial charge in [0.15, 0.2) is 0 Å². The highest BCUT2D eigenvalue weighted by Crippen LogP contribution is 2.24. The van der Waals surface area contributed by atoms with Gasteiger partial charge >= 0.3 is 0 Å². The minimum absolute atomic E-state index is 0.139. The lowest BCUT2D eigenvalue weighted by Crippen LogP contribution is -2.33. The number of methoxy groups -OCH3 is 1. The van der Waals surface area contributed by atoms with Crippen LogP contribution in [0, 0.1) is 5.92 Å². The number of hydrogen-bond donors (Lipinski definition) is 1.